The van der Waals surface area contributed by atoms with Gasteiger partial charge < -0.3 is 9.80 Å². The fraction of sp³-hybridized carbons (Fsp3) is 0.294. The molecule has 0 saturated carbocycles. The van der Waals surface area contributed by atoms with Crippen LogP contribution in [-0.2, 0) is 6.54 Å². The van der Waals surface area contributed by atoms with E-state index in [1.54, 1.807) is 4.90 Å². The summed E-state index contributed by atoms with van der Waals surface area (Å²) in [5, 5.41) is 0. The van der Waals surface area contributed by atoms with Gasteiger partial charge in [-0.3, -0.25) is 4.79 Å². The van der Waals surface area contributed by atoms with Crippen LogP contribution < -0.4 is 9.88 Å². The van der Waals surface area contributed by atoms with Gasteiger partial charge in [0.2, 0.25) is 0 Å². The molecule has 1 aromatic carbocycles. The number of carbonyl (C=O) groups is 1. The summed E-state index contributed by atoms with van der Waals surface area (Å²) >= 11 is 0. The maximum atomic E-state index is 12.4. The summed E-state index contributed by atoms with van der Waals surface area (Å²) in [6.45, 7) is 4.72. The summed E-state index contributed by atoms with van der Waals surface area (Å²) in [7, 11) is 0. The summed E-state index contributed by atoms with van der Waals surface area (Å²) in [6.07, 6.45) is 3.92. The number of benzene rings is 1. The number of hydrogen-bond acceptors (Lipinski definition) is 1. The third-order valence-corrected chi connectivity index (χ3v) is 4.02. The van der Waals surface area contributed by atoms with Gasteiger partial charge in [0.15, 0.2) is 12.4 Å². The van der Waals surface area contributed by atoms with E-state index in [2.05, 4.69) is 17.1 Å². The van der Waals surface area contributed by atoms with Crippen molar-refractivity contribution in [1.82, 2.24) is 4.90 Å². The van der Waals surface area contributed by atoms with Gasteiger partial charge in [0.25, 0.3) is 5.91 Å². The molecule has 1 aromatic heterocycles. The van der Waals surface area contributed by atoms with Crippen molar-refractivity contribution in [3.05, 3.63) is 66.0 Å². The number of H-pyrrole nitrogens is 1. The smallest absolute Gasteiger partial charge is 0.254 e. The first-order chi connectivity index (χ1) is 10.3. The quantitative estimate of drug-likeness (QED) is 0.849. The van der Waals surface area contributed by atoms with E-state index in [1.165, 1.54) is 5.56 Å². The van der Waals surface area contributed by atoms with Crippen molar-refractivity contribution in [3.63, 3.8) is 0 Å². The van der Waals surface area contributed by atoms with Gasteiger partial charge in [0.1, 0.15) is 6.54 Å². The van der Waals surface area contributed by atoms with Crippen LogP contribution in [0.3, 0.4) is 0 Å². The number of piperazine rings is 1. The molecule has 21 heavy (non-hydrogen) atoms. The van der Waals surface area contributed by atoms with Crippen LogP contribution in [0.15, 0.2) is 54.9 Å². The normalized spacial score (nSPS) is 15.9. The molecule has 3 rings (SSSR count). The lowest BCUT2D eigenvalue weighted by Gasteiger charge is -2.32. The molecule has 2 heterocycles. The lowest BCUT2D eigenvalue weighted by Crippen LogP contribution is -3.13. The second-order valence-corrected chi connectivity index (χ2v) is 5.49. The molecule has 2 N–H and O–H groups in total. The Morgan fingerprint density at radius 1 is 1.05 bits per heavy atom. The third kappa shape index (κ3) is 3.47. The summed E-state index contributed by atoms with van der Waals surface area (Å²) in [5.41, 5.74) is 2.13. The number of quaternary nitrogens is 1. The summed E-state index contributed by atoms with van der Waals surface area (Å²) in [6, 6.07) is 13.8. The van der Waals surface area contributed by atoms with Crippen LogP contribution >= 0.6 is 0 Å². The van der Waals surface area contributed by atoms with Crippen LogP contribution in [0.5, 0.6) is 0 Å². The molecule has 2 aromatic rings. The van der Waals surface area contributed by atoms with Gasteiger partial charge in [-0.05, 0) is 12.1 Å². The number of aromatic nitrogens is 1. The molecule has 0 atom stereocenters. The summed E-state index contributed by atoms with van der Waals surface area (Å²) in [4.78, 5) is 18.9. The molecule has 1 fully saturated rings. The molecule has 108 valence electrons. The zero-order valence-electron chi connectivity index (χ0n) is 12.1. The van der Waals surface area contributed by atoms with Crippen LogP contribution in [0.4, 0.5) is 0 Å². The highest BCUT2D eigenvalue weighted by Gasteiger charge is 2.24. The van der Waals surface area contributed by atoms with Gasteiger partial charge in [-0.25, -0.2) is 4.98 Å². The van der Waals surface area contributed by atoms with Crippen LogP contribution in [0.2, 0.25) is 0 Å². The number of aromatic amines is 1. The molecule has 1 aliphatic rings. The van der Waals surface area contributed by atoms with Gasteiger partial charge >= 0.3 is 0 Å². The highest BCUT2D eigenvalue weighted by atomic mass is 16.2. The van der Waals surface area contributed by atoms with E-state index in [4.69, 9.17) is 0 Å². The van der Waals surface area contributed by atoms with Crippen LogP contribution in [0.1, 0.15) is 15.9 Å². The van der Waals surface area contributed by atoms with Gasteiger partial charge in [0, 0.05) is 23.3 Å². The van der Waals surface area contributed by atoms with Gasteiger partial charge in [-0.1, -0.05) is 18.2 Å². The maximum Gasteiger partial charge on any atom is 0.254 e. The van der Waals surface area contributed by atoms with E-state index in [0.29, 0.717) is 0 Å². The fourth-order valence-electron chi connectivity index (χ4n) is 2.79. The molecule has 4 nitrogen and oxygen atoms in total. The molecule has 0 radical (unpaired) electrons. The Hall–Kier alpha value is -2.20. The first kappa shape index (κ1) is 13.8. The maximum absolute atomic E-state index is 12.4. The Morgan fingerprint density at radius 3 is 2.38 bits per heavy atom. The van der Waals surface area contributed by atoms with E-state index in [0.717, 1.165) is 38.3 Å². The Labute approximate surface area is 125 Å². The van der Waals surface area contributed by atoms with Crippen molar-refractivity contribution in [2.75, 3.05) is 26.2 Å². The minimum Gasteiger partial charge on any atom is -0.328 e. The van der Waals surface area contributed by atoms with Crippen molar-refractivity contribution in [2.24, 2.45) is 0 Å². The highest BCUT2D eigenvalue weighted by molar-refractivity contribution is 5.94. The van der Waals surface area contributed by atoms with Crippen LogP contribution in [0.25, 0.3) is 0 Å². The molecular weight excluding hydrogens is 262 g/mol. The lowest BCUT2D eigenvalue weighted by molar-refractivity contribution is -0.917. The fourth-order valence-corrected chi connectivity index (χ4v) is 2.79. The number of rotatable bonds is 3. The largest absolute Gasteiger partial charge is 0.328 e. The molecule has 0 bridgehead atoms. The predicted octanol–water partition coefficient (Wildman–Crippen LogP) is 0.0416. The summed E-state index contributed by atoms with van der Waals surface area (Å²) in [5.74, 6) is 0.156. The van der Waals surface area contributed by atoms with Gasteiger partial charge in [-0.15, -0.1) is 0 Å². The average molecular weight is 283 g/mol. The molecule has 4 heteroatoms. The first-order valence-corrected chi connectivity index (χ1v) is 7.46. The van der Waals surface area contributed by atoms with Crippen molar-refractivity contribution in [2.45, 2.75) is 6.54 Å². The number of nitrogens with zero attached hydrogens (tertiary/aromatic N) is 1. The van der Waals surface area contributed by atoms with E-state index >= 15 is 0 Å². The van der Waals surface area contributed by atoms with Crippen molar-refractivity contribution in [3.8, 4) is 0 Å². The minimum atomic E-state index is 0.156. The SMILES string of the molecule is O=C(c1ccccc1)N1CC[NH+](Cc2cc[nH+]cc2)CC1. The number of nitrogens with one attached hydrogen (secondary N) is 2. The topological polar surface area (TPSA) is 38.9 Å². The van der Waals surface area contributed by atoms with E-state index in [1.807, 2.05) is 47.6 Å². The minimum absolute atomic E-state index is 0.156. The predicted molar refractivity (Wildman–Crippen MR) is 79.7 cm³/mol. The molecule has 1 saturated heterocycles. The Kier molecular flexibility index (Phi) is 4.26. The second-order valence-electron chi connectivity index (χ2n) is 5.49. The average Bonchev–Trinajstić information content (AvgIpc) is 2.57. The second kappa shape index (κ2) is 6.50. The molecule has 0 spiro atoms. The van der Waals surface area contributed by atoms with E-state index < -0.39 is 0 Å². The molecule has 1 amide bonds. The van der Waals surface area contributed by atoms with Crippen LogP contribution in [0, 0.1) is 0 Å². The third-order valence-electron chi connectivity index (χ3n) is 4.02. The lowest BCUT2D eigenvalue weighted by atomic mass is 10.1. The Bertz CT molecular complexity index is 577. The molecule has 0 aliphatic carbocycles. The summed E-state index contributed by atoms with van der Waals surface area (Å²) < 4.78 is 0. The van der Waals surface area contributed by atoms with Crippen molar-refractivity contribution < 1.29 is 14.7 Å². The number of carbonyl (C=O) groups excluding carboxylic acids is 1. The van der Waals surface area contributed by atoms with Crippen molar-refractivity contribution in [1.29, 1.82) is 0 Å². The number of amides is 1. The monoisotopic (exact) mass is 283 g/mol. The van der Waals surface area contributed by atoms with E-state index in [9.17, 15) is 4.79 Å². The zero-order chi connectivity index (χ0) is 14.5. The number of hydrogen-bond donors (Lipinski definition) is 1. The molecular formula is C17H21N3O+2. The molecule has 1 aliphatic heterocycles. The zero-order valence-corrected chi connectivity index (χ0v) is 12.1. The highest BCUT2D eigenvalue weighted by Crippen LogP contribution is 2.04. The Morgan fingerprint density at radius 2 is 1.71 bits per heavy atom. The number of pyridine rings is 1. The van der Waals surface area contributed by atoms with Crippen molar-refractivity contribution >= 4 is 5.91 Å². The van der Waals surface area contributed by atoms with E-state index in [-0.39, 0.29) is 5.91 Å². The molecule has 0 unspecified atom stereocenters. The van der Waals surface area contributed by atoms with Crippen LogP contribution in [-0.4, -0.2) is 37.0 Å². The van der Waals surface area contributed by atoms with Gasteiger partial charge in [-0.2, -0.15) is 0 Å². The first-order valence-electron chi connectivity index (χ1n) is 7.46. The Balaban J connectivity index is 1.54. The van der Waals surface area contributed by atoms with Gasteiger partial charge in [0.05, 0.1) is 26.2 Å². The standard InChI is InChI=1S/C17H19N3O/c21-17(16-4-2-1-3-5-16)20-12-10-19(11-13-20)14-15-6-8-18-9-7-15/h1-9H,10-14H2/p+2.